The minimum absolute atomic E-state index is 0.0633. The molecule has 0 unspecified atom stereocenters. The molecule has 0 atom stereocenters. The molecule has 104 valence electrons. The number of anilines is 1. The molecule has 1 aromatic carbocycles. The maximum atomic E-state index is 11.4. The van der Waals surface area contributed by atoms with Crippen LogP contribution in [-0.2, 0) is 4.79 Å². The lowest BCUT2D eigenvalue weighted by molar-refractivity contribution is -0.115. The van der Waals surface area contributed by atoms with Crippen LogP contribution in [0.3, 0.4) is 0 Å². The number of carbonyl (C=O) groups excluding carboxylic acids is 2. The minimum Gasteiger partial charge on any atom is -0.360 e. The monoisotopic (exact) mass is 292 g/mol. The van der Waals surface area contributed by atoms with E-state index in [-0.39, 0.29) is 11.5 Å². The van der Waals surface area contributed by atoms with Crippen LogP contribution in [0.4, 0.5) is 5.69 Å². The molecular weight excluding hydrogens is 280 g/mol. The van der Waals surface area contributed by atoms with Crippen LogP contribution in [0.15, 0.2) is 28.8 Å². The molecule has 0 aliphatic carbocycles. The average molecular weight is 293 g/mol. The lowest BCUT2D eigenvalue weighted by Gasteiger charge is -2.04. The van der Waals surface area contributed by atoms with Crippen LogP contribution >= 0.6 is 11.6 Å². The number of halogens is 1. The number of carbonyl (C=O) groups is 2. The lowest BCUT2D eigenvalue weighted by Crippen LogP contribution is -2.09. The predicted molar refractivity (Wildman–Crippen MR) is 75.8 cm³/mol. The molecule has 1 heterocycles. The van der Waals surface area contributed by atoms with Gasteiger partial charge in [-0.25, -0.2) is 0 Å². The van der Waals surface area contributed by atoms with Gasteiger partial charge in [0, 0.05) is 17.7 Å². The van der Waals surface area contributed by atoms with E-state index < -0.39 is 5.24 Å². The first-order valence-electron chi connectivity index (χ1n) is 6.09. The maximum Gasteiger partial charge on any atom is 0.258 e. The Kier molecular flexibility index (Phi) is 4.20. The van der Waals surface area contributed by atoms with Gasteiger partial charge in [0.05, 0.1) is 0 Å². The third-order valence-corrected chi connectivity index (χ3v) is 3.01. The number of rotatable bonds is 4. The average Bonchev–Trinajstić information content (AvgIpc) is 2.81. The van der Waals surface area contributed by atoms with E-state index in [4.69, 9.17) is 16.1 Å². The summed E-state index contributed by atoms with van der Waals surface area (Å²) >= 11 is 5.53. The summed E-state index contributed by atoms with van der Waals surface area (Å²) in [6, 6.07) is 6.95. The second-order valence-electron chi connectivity index (χ2n) is 4.22. The van der Waals surface area contributed by atoms with Gasteiger partial charge in [-0.3, -0.25) is 9.59 Å². The Morgan fingerprint density at radius 3 is 2.50 bits per heavy atom. The van der Waals surface area contributed by atoms with Gasteiger partial charge in [0.25, 0.3) is 5.24 Å². The topological polar surface area (TPSA) is 72.2 Å². The van der Waals surface area contributed by atoms with E-state index in [1.165, 1.54) is 0 Å². The summed E-state index contributed by atoms with van der Waals surface area (Å²) in [5, 5.41) is 5.97. The molecule has 0 fully saturated rings. The summed E-state index contributed by atoms with van der Waals surface area (Å²) in [6.45, 7) is 3.40. The number of nitrogens with one attached hydrogen (secondary N) is 1. The Labute approximate surface area is 120 Å². The second kappa shape index (κ2) is 5.88. The fourth-order valence-electron chi connectivity index (χ4n) is 1.76. The van der Waals surface area contributed by atoms with E-state index >= 15 is 0 Å². The van der Waals surface area contributed by atoms with Gasteiger partial charge in [0.15, 0.2) is 0 Å². The zero-order valence-corrected chi connectivity index (χ0v) is 11.8. The van der Waals surface area contributed by atoms with Crippen molar-refractivity contribution >= 4 is 28.4 Å². The van der Waals surface area contributed by atoms with Crippen LogP contribution in [0.25, 0.3) is 11.3 Å². The number of benzene rings is 1. The molecule has 0 bridgehead atoms. The lowest BCUT2D eigenvalue weighted by atomic mass is 10.1. The molecule has 1 N–H and O–H groups in total. The van der Waals surface area contributed by atoms with Crippen molar-refractivity contribution in [2.45, 2.75) is 20.3 Å². The van der Waals surface area contributed by atoms with Crippen molar-refractivity contribution in [2.24, 2.45) is 0 Å². The predicted octanol–water partition coefficient (Wildman–Crippen LogP) is 3.38. The zero-order chi connectivity index (χ0) is 14.7. The molecule has 20 heavy (non-hydrogen) atoms. The van der Waals surface area contributed by atoms with Crippen LogP contribution in [-0.4, -0.2) is 16.3 Å². The highest BCUT2D eigenvalue weighted by Gasteiger charge is 2.19. The first kappa shape index (κ1) is 14.3. The highest BCUT2D eigenvalue weighted by atomic mass is 35.5. The Balaban J connectivity index is 2.31. The van der Waals surface area contributed by atoms with E-state index in [1.807, 2.05) is 0 Å². The molecule has 0 aliphatic rings. The van der Waals surface area contributed by atoms with Crippen molar-refractivity contribution in [1.82, 2.24) is 5.16 Å². The van der Waals surface area contributed by atoms with Gasteiger partial charge >= 0.3 is 0 Å². The largest absolute Gasteiger partial charge is 0.360 e. The van der Waals surface area contributed by atoms with Gasteiger partial charge in [-0.2, -0.15) is 0 Å². The van der Waals surface area contributed by atoms with E-state index in [2.05, 4.69) is 10.5 Å². The van der Waals surface area contributed by atoms with Crippen LogP contribution in [0, 0.1) is 6.92 Å². The number of aryl methyl sites for hydroxylation is 1. The summed E-state index contributed by atoms with van der Waals surface area (Å²) in [6.07, 6.45) is 0.412. The Morgan fingerprint density at radius 1 is 1.30 bits per heavy atom. The van der Waals surface area contributed by atoms with Crippen LogP contribution < -0.4 is 5.32 Å². The molecule has 0 radical (unpaired) electrons. The van der Waals surface area contributed by atoms with Crippen molar-refractivity contribution in [2.75, 3.05) is 5.32 Å². The number of hydrogen-bond acceptors (Lipinski definition) is 4. The summed E-state index contributed by atoms with van der Waals surface area (Å²) in [5.41, 5.74) is 2.03. The molecule has 2 rings (SSSR count). The van der Waals surface area contributed by atoms with Crippen molar-refractivity contribution in [3.05, 3.63) is 35.6 Å². The molecule has 1 amide bonds. The molecular formula is C14H13ClN2O3. The number of nitrogens with zero attached hydrogens (tertiary/aromatic N) is 1. The Bertz CT molecular complexity index is 647. The summed E-state index contributed by atoms with van der Waals surface area (Å²) in [7, 11) is 0. The van der Waals surface area contributed by atoms with E-state index in [1.54, 1.807) is 38.1 Å². The molecule has 6 heteroatoms. The summed E-state index contributed by atoms with van der Waals surface area (Å²) < 4.78 is 5.00. The van der Waals surface area contributed by atoms with E-state index in [0.717, 1.165) is 0 Å². The van der Waals surface area contributed by atoms with Gasteiger partial charge < -0.3 is 9.84 Å². The molecule has 0 spiro atoms. The summed E-state index contributed by atoms with van der Waals surface area (Å²) in [5.74, 6) is 0.315. The van der Waals surface area contributed by atoms with Crippen molar-refractivity contribution in [3.63, 3.8) is 0 Å². The molecule has 0 saturated heterocycles. The van der Waals surface area contributed by atoms with Crippen LogP contribution in [0.5, 0.6) is 0 Å². The second-order valence-corrected chi connectivity index (χ2v) is 4.56. The molecule has 5 nitrogen and oxygen atoms in total. The van der Waals surface area contributed by atoms with Crippen molar-refractivity contribution in [1.29, 1.82) is 0 Å². The fourth-order valence-corrected chi connectivity index (χ4v) is 1.98. The van der Waals surface area contributed by atoms with E-state index in [0.29, 0.717) is 29.1 Å². The van der Waals surface area contributed by atoms with Gasteiger partial charge in [0.1, 0.15) is 17.0 Å². The van der Waals surface area contributed by atoms with Gasteiger partial charge in [0.2, 0.25) is 5.91 Å². The number of hydrogen-bond donors (Lipinski definition) is 1. The normalized spacial score (nSPS) is 10.3. The number of aromatic nitrogens is 1. The van der Waals surface area contributed by atoms with E-state index in [9.17, 15) is 9.59 Å². The Morgan fingerprint density at radius 2 is 1.95 bits per heavy atom. The third-order valence-electron chi connectivity index (χ3n) is 2.82. The smallest absolute Gasteiger partial charge is 0.258 e. The quantitative estimate of drug-likeness (QED) is 0.877. The molecule has 2 aromatic rings. The zero-order valence-electron chi connectivity index (χ0n) is 11.1. The van der Waals surface area contributed by atoms with Crippen molar-refractivity contribution in [3.8, 4) is 11.3 Å². The first-order valence-corrected chi connectivity index (χ1v) is 6.47. The molecule has 1 aromatic heterocycles. The van der Waals surface area contributed by atoms with Gasteiger partial charge in [-0.05, 0) is 30.7 Å². The highest BCUT2D eigenvalue weighted by molar-refractivity contribution is 6.68. The van der Waals surface area contributed by atoms with Gasteiger partial charge in [-0.15, -0.1) is 0 Å². The highest BCUT2D eigenvalue weighted by Crippen LogP contribution is 2.27. The van der Waals surface area contributed by atoms with Crippen LogP contribution in [0.1, 0.15) is 29.5 Å². The standard InChI is InChI=1S/C14H13ClN2O3/c1-3-11(18)16-10-6-4-9(5-7-10)13-12(14(15)19)8(2)20-17-13/h4-7H,3H2,1-2H3,(H,16,18). The SMILES string of the molecule is CCC(=O)Nc1ccc(-c2noc(C)c2C(=O)Cl)cc1. The minimum atomic E-state index is -0.609. The van der Waals surface area contributed by atoms with Gasteiger partial charge in [-0.1, -0.05) is 24.2 Å². The summed E-state index contributed by atoms with van der Waals surface area (Å²) in [4.78, 5) is 22.7. The Hall–Kier alpha value is -2.14. The first-order chi connectivity index (χ1) is 9.52. The fraction of sp³-hybridized carbons (Fsp3) is 0.214. The third kappa shape index (κ3) is 2.88. The molecule has 0 saturated carbocycles. The number of amides is 1. The molecule has 0 aliphatic heterocycles. The maximum absolute atomic E-state index is 11.4. The van der Waals surface area contributed by atoms with Crippen molar-refractivity contribution < 1.29 is 14.1 Å². The van der Waals surface area contributed by atoms with Crippen LogP contribution in [0.2, 0.25) is 0 Å².